The molecule has 0 aliphatic carbocycles. The Balaban J connectivity index is 1.37. The van der Waals surface area contributed by atoms with Gasteiger partial charge in [-0.05, 0) is 84.3 Å². The van der Waals surface area contributed by atoms with Crippen molar-refractivity contribution in [1.82, 2.24) is 0 Å². The lowest BCUT2D eigenvalue weighted by molar-refractivity contribution is 0.419. The molecule has 0 aromatic heterocycles. The van der Waals surface area contributed by atoms with Gasteiger partial charge in [0.05, 0.1) is 0 Å². The second-order valence-electron chi connectivity index (χ2n) is 13.4. The van der Waals surface area contributed by atoms with Gasteiger partial charge in [-0.2, -0.15) is 0 Å². The van der Waals surface area contributed by atoms with E-state index < -0.39 is 31.4 Å². The van der Waals surface area contributed by atoms with Crippen molar-refractivity contribution in [3.05, 3.63) is 154 Å². The fraction of sp³-hybridized carbons (Fsp3) is 0.217. The van der Waals surface area contributed by atoms with E-state index in [4.69, 9.17) is 21.8 Å². The highest BCUT2D eigenvalue weighted by Gasteiger charge is 2.37. The molecule has 48 heavy (non-hydrogen) atoms. The Hall–Kier alpha value is -5.08. The highest BCUT2D eigenvalue weighted by atomic mass is 16.5. The summed E-state index contributed by atoms with van der Waals surface area (Å²) < 4.78 is 92.6. The number of fused-ring (bicyclic) bond motifs is 4. The van der Waals surface area contributed by atoms with E-state index in [1.54, 1.807) is 68.4 Å². The van der Waals surface area contributed by atoms with Gasteiger partial charge in [0.15, 0.2) is 0 Å². The van der Waals surface area contributed by atoms with Crippen molar-refractivity contribution in [3.8, 4) is 56.4 Å². The minimum atomic E-state index is -2.61. The molecule has 0 saturated carbocycles. The molecule has 0 spiro atoms. The number of ether oxygens (including phenoxy) is 2. The molecule has 0 N–H and O–H groups in total. The van der Waals surface area contributed by atoms with Crippen molar-refractivity contribution in [3.63, 3.8) is 0 Å². The molecule has 6 aromatic carbocycles. The number of benzene rings is 6. The van der Waals surface area contributed by atoms with Gasteiger partial charge < -0.3 is 9.47 Å². The van der Waals surface area contributed by atoms with Crippen molar-refractivity contribution in [2.75, 3.05) is 0 Å². The molecule has 2 aliphatic heterocycles. The Bertz CT molecular complexity index is 2620. The van der Waals surface area contributed by atoms with Gasteiger partial charge in [-0.25, -0.2) is 0 Å². The second-order valence-corrected chi connectivity index (χ2v) is 13.4. The van der Waals surface area contributed by atoms with Crippen LogP contribution in [0.3, 0.4) is 0 Å². The highest BCUT2D eigenvalue weighted by molar-refractivity contribution is 5.89. The molecule has 0 bridgehead atoms. The molecule has 0 saturated heterocycles. The smallest absolute Gasteiger partial charge is 0.139 e. The summed E-state index contributed by atoms with van der Waals surface area (Å²) in [5.74, 6) is 1.64. The van der Waals surface area contributed by atoms with Gasteiger partial charge in [-0.1, -0.05) is 125 Å². The number of aryl methyl sites for hydroxylation is 2. The maximum Gasteiger partial charge on any atom is 0.139 e. The summed E-state index contributed by atoms with van der Waals surface area (Å²) in [6, 6.07) is 32.8. The molecule has 0 fully saturated rings. The number of para-hydroxylation sites is 4. The van der Waals surface area contributed by atoms with Crippen LogP contribution in [-0.4, -0.2) is 0 Å². The topological polar surface area (TPSA) is 18.5 Å². The summed E-state index contributed by atoms with van der Waals surface area (Å²) >= 11 is 0. The summed E-state index contributed by atoms with van der Waals surface area (Å²) in [6.07, 6.45) is 0. The summed E-state index contributed by atoms with van der Waals surface area (Å²) in [6.45, 7) is 1.74. The lowest BCUT2D eigenvalue weighted by atomic mass is 9.74. The molecular weight excluding hydrogens is 585 g/mol. The van der Waals surface area contributed by atoms with Crippen LogP contribution in [0, 0.1) is 27.6 Å². The van der Waals surface area contributed by atoms with Crippen LogP contribution in [-0.2, 0) is 10.8 Å². The van der Waals surface area contributed by atoms with Crippen LogP contribution in [0.4, 0.5) is 0 Å². The predicted molar refractivity (Wildman–Crippen MR) is 199 cm³/mol. The summed E-state index contributed by atoms with van der Waals surface area (Å²) in [5.41, 5.74) is 5.42. The van der Waals surface area contributed by atoms with Crippen LogP contribution in [0.2, 0.25) is 0 Å². The zero-order valence-corrected chi connectivity index (χ0v) is 27.7. The van der Waals surface area contributed by atoms with Gasteiger partial charge in [0.2, 0.25) is 0 Å². The minimum absolute atomic E-state index is 0.113. The quantitative estimate of drug-likeness (QED) is 0.193. The van der Waals surface area contributed by atoms with E-state index in [-0.39, 0.29) is 5.56 Å². The van der Waals surface area contributed by atoms with Crippen LogP contribution in [0.5, 0.6) is 23.0 Å². The fourth-order valence-electron chi connectivity index (χ4n) is 7.75. The maximum atomic E-state index is 9.04. The molecule has 0 amide bonds. The van der Waals surface area contributed by atoms with Crippen molar-refractivity contribution in [1.29, 1.82) is 0 Å². The third-order valence-electron chi connectivity index (χ3n) is 10.3. The lowest BCUT2D eigenvalue weighted by Gasteiger charge is -2.36. The zero-order valence-electron chi connectivity index (χ0n) is 36.7. The van der Waals surface area contributed by atoms with Gasteiger partial charge in [-0.15, -0.1) is 0 Å². The first-order valence-corrected chi connectivity index (χ1v) is 16.3. The molecule has 0 radical (unpaired) electrons. The normalized spacial score (nSPS) is 22.5. The van der Waals surface area contributed by atoms with Crippen LogP contribution in [0.1, 0.15) is 84.4 Å². The largest absolute Gasteiger partial charge is 0.456 e. The molecule has 2 heterocycles. The van der Waals surface area contributed by atoms with Gasteiger partial charge >= 0.3 is 0 Å². The Morgan fingerprint density at radius 2 is 0.896 bits per heavy atom. The van der Waals surface area contributed by atoms with E-state index in [2.05, 4.69) is 0 Å². The van der Waals surface area contributed by atoms with Gasteiger partial charge in [0, 0.05) is 56.5 Å². The molecule has 238 valence electrons. The molecule has 6 aromatic rings. The fourth-order valence-corrected chi connectivity index (χ4v) is 7.75. The van der Waals surface area contributed by atoms with E-state index in [9.17, 15) is 0 Å². The first-order valence-electron chi connectivity index (χ1n) is 20.8. The molecule has 8 rings (SSSR count). The van der Waals surface area contributed by atoms with Gasteiger partial charge in [0.25, 0.3) is 0 Å². The number of hydrogen-bond acceptors (Lipinski definition) is 2. The minimum Gasteiger partial charge on any atom is -0.456 e. The molecule has 2 aliphatic rings. The van der Waals surface area contributed by atoms with E-state index in [1.807, 2.05) is 75.4 Å². The Labute approximate surface area is 297 Å². The summed E-state index contributed by atoms with van der Waals surface area (Å²) in [4.78, 5) is 0. The lowest BCUT2D eigenvalue weighted by Crippen LogP contribution is -2.24. The summed E-state index contributed by atoms with van der Waals surface area (Å²) in [7, 11) is 0. The van der Waals surface area contributed by atoms with Crippen molar-refractivity contribution in [2.45, 2.75) is 66.0 Å². The molecule has 2 heteroatoms. The SMILES string of the molecule is [2H]C([2H])([2H])c1c(-c2ccc(C)c(-c3cccc4c3Oc3ccccc3C4(C)C([2H])([2H])[2H])c2C)ccc(C)c1-c1cccc2c1Oc1ccccc1C2(C)C([2H])([2H])[2H]. The van der Waals surface area contributed by atoms with E-state index >= 15 is 0 Å². The van der Waals surface area contributed by atoms with Gasteiger partial charge in [0.1, 0.15) is 23.0 Å². The Morgan fingerprint density at radius 3 is 1.38 bits per heavy atom. The first-order chi connectivity index (χ1) is 26.7. The molecule has 2 nitrogen and oxygen atoms in total. The number of rotatable bonds is 3. The van der Waals surface area contributed by atoms with Crippen LogP contribution < -0.4 is 9.47 Å². The monoisotopic (exact) mass is 635 g/mol. The standard InChI is InChI=1S/C46H42O2/c1-27-23-25-31(29(3)41(27)33-15-13-19-37-43(33)47-39-21-11-9-17-35(39)45(37,5)6)32-26-24-28(2)42(30(32)4)34-16-14-20-38-44(34)48-40-22-12-10-18-36(40)46(38,7)8/h9-26H,1-8H3/i3D3,5D3,7D3. The van der Waals surface area contributed by atoms with E-state index in [0.717, 1.165) is 16.7 Å². The third-order valence-corrected chi connectivity index (χ3v) is 10.3. The van der Waals surface area contributed by atoms with Crippen molar-refractivity contribution < 1.29 is 21.8 Å². The zero-order chi connectivity index (χ0) is 41.0. The molecule has 2 atom stereocenters. The van der Waals surface area contributed by atoms with E-state index in [0.29, 0.717) is 78.6 Å². The van der Waals surface area contributed by atoms with Crippen LogP contribution >= 0.6 is 0 Å². The average Bonchev–Trinajstić information content (AvgIpc) is 3.14. The summed E-state index contributed by atoms with van der Waals surface area (Å²) in [5, 5.41) is 0. The molecular formula is C46H42O2. The van der Waals surface area contributed by atoms with Crippen molar-refractivity contribution in [2.24, 2.45) is 0 Å². The maximum absolute atomic E-state index is 9.04. The van der Waals surface area contributed by atoms with Crippen LogP contribution in [0.15, 0.2) is 109 Å². The first kappa shape index (κ1) is 21.7. The van der Waals surface area contributed by atoms with Crippen molar-refractivity contribution >= 4 is 0 Å². The van der Waals surface area contributed by atoms with Gasteiger partial charge in [-0.3, -0.25) is 0 Å². The van der Waals surface area contributed by atoms with E-state index in [1.165, 1.54) is 0 Å². The Morgan fingerprint density at radius 1 is 0.458 bits per heavy atom. The predicted octanol–water partition coefficient (Wildman–Crippen LogP) is 12.8. The second kappa shape index (κ2) is 10.7. The molecule has 2 unspecified atom stereocenters. The van der Waals surface area contributed by atoms with Crippen LogP contribution in [0.25, 0.3) is 33.4 Å². The Kier molecular flexibility index (Phi) is 4.85. The average molecular weight is 636 g/mol. The number of hydrogen-bond donors (Lipinski definition) is 0. The highest BCUT2D eigenvalue weighted by Crippen LogP contribution is 2.54. The third kappa shape index (κ3) is 4.32.